The molecule has 4 heteroatoms. The van der Waals surface area contributed by atoms with Gasteiger partial charge < -0.3 is 9.84 Å². The molecule has 0 aromatic carbocycles. The molecule has 0 aromatic rings. The number of carbonyl (C=O) groups excluding carboxylic acids is 1. The van der Waals surface area contributed by atoms with Crippen LogP contribution in [0.15, 0.2) is 11.8 Å². The van der Waals surface area contributed by atoms with Gasteiger partial charge in [-0.3, -0.25) is 0 Å². The minimum absolute atomic E-state index is 0. The molecule has 0 bridgehead atoms. The Morgan fingerprint density at radius 1 is 1.55 bits per heavy atom. The number of rotatable bonds is 2. The van der Waals surface area contributed by atoms with Crippen molar-refractivity contribution in [2.75, 3.05) is 7.11 Å². The number of esters is 1. The van der Waals surface area contributed by atoms with Crippen molar-refractivity contribution in [1.82, 2.24) is 0 Å². The molecule has 0 unspecified atom stereocenters. The number of hydrogen-bond donors (Lipinski definition) is 1. The standard InChI is InChI=1S/C7H12O3.Ti/c1-5(2)6(4-8)7(9)10-3;/h4-5,8H,1-3H3;. The van der Waals surface area contributed by atoms with Crippen molar-refractivity contribution in [3.05, 3.63) is 11.8 Å². The molecule has 0 fully saturated rings. The smallest absolute Gasteiger partial charge is 0.337 e. The van der Waals surface area contributed by atoms with Crippen LogP contribution in [-0.4, -0.2) is 18.2 Å². The summed E-state index contributed by atoms with van der Waals surface area (Å²) in [5.74, 6) is -0.477. The Kier molecular flexibility index (Phi) is 7.79. The molecule has 0 rings (SSSR count). The first-order chi connectivity index (χ1) is 4.63. The minimum Gasteiger partial charge on any atom is -0.515 e. The number of aliphatic hydroxyl groups is 1. The Morgan fingerprint density at radius 2 is 2.00 bits per heavy atom. The fourth-order valence-electron chi connectivity index (χ4n) is 0.555. The molecule has 0 heterocycles. The molecule has 3 nitrogen and oxygen atoms in total. The largest absolute Gasteiger partial charge is 0.515 e. The van der Waals surface area contributed by atoms with Crippen LogP contribution in [0.2, 0.25) is 0 Å². The summed E-state index contributed by atoms with van der Waals surface area (Å²) < 4.78 is 4.40. The second-order valence-corrected chi connectivity index (χ2v) is 2.23. The Balaban J connectivity index is 0. The zero-order valence-electron chi connectivity index (χ0n) is 6.92. The zero-order valence-corrected chi connectivity index (χ0v) is 8.48. The number of aliphatic hydroxyl groups excluding tert-OH is 1. The van der Waals surface area contributed by atoms with Crippen LogP contribution in [0, 0.1) is 5.92 Å². The molecule has 0 aromatic heterocycles. The van der Waals surface area contributed by atoms with Gasteiger partial charge in [0.2, 0.25) is 0 Å². The molecule has 11 heavy (non-hydrogen) atoms. The quantitative estimate of drug-likeness (QED) is 0.310. The van der Waals surface area contributed by atoms with Crippen molar-refractivity contribution < 1.29 is 36.4 Å². The molecular formula is C7H12O3Ti. The fourth-order valence-corrected chi connectivity index (χ4v) is 0.555. The predicted molar refractivity (Wildman–Crippen MR) is 37.6 cm³/mol. The van der Waals surface area contributed by atoms with Gasteiger partial charge >= 0.3 is 5.97 Å². The third kappa shape index (κ3) is 4.22. The van der Waals surface area contributed by atoms with Crippen molar-refractivity contribution in [3.63, 3.8) is 0 Å². The van der Waals surface area contributed by atoms with Crippen LogP contribution in [0.1, 0.15) is 13.8 Å². The summed E-state index contributed by atoms with van der Waals surface area (Å²) in [6.45, 7) is 3.61. The van der Waals surface area contributed by atoms with Gasteiger partial charge in [-0.05, 0) is 5.92 Å². The molecule has 1 N–H and O–H groups in total. The molecule has 0 radical (unpaired) electrons. The maximum Gasteiger partial charge on any atom is 0.337 e. The van der Waals surface area contributed by atoms with E-state index in [1.54, 1.807) is 13.8 Å². The first-order valence-electron chi connectivity index (χ1n) is 3.06. The van der Waals surface area contributed by atoms with Gasteiger partial charge in [-0.1, -0.05) is 13.8 Å². The van der Waals surface area contributed by atoms with Crippen molar-refractivity contribution in [3.8, 4) is 0 Å². The van der Waals surface area contributed by atoms with Crippen molar-refractivity contribution in [1.29, 1.82) is 0 Å². The second-order valence-electron chi connectivity index (χ2n) is 2.23. The van der Waals surface area contributed by atoms with Gasteiger partial charge in [0.15, 0.2) is 0 Å². The van der Waals surface area contributed by atoms with Crippen molar-refractivity contribution >= 4 is 5.97 Å². The summed E-state index contributed by atoms with van der Waals surface area (Å²) in [5, 5.41) is 8.54. The second kappa shape index (κ2) is 6.44. The van der Waals surface area contributed by atoms with Gasteiger partial charge in [-0.25, -0.2) is 4.79 Å². The topological polar surface area (TPSA) is 46.5 Å². The van der Waals surface area contributed by atoms with E-state index in [9.17, 15) is 4.79 Å². The summed E-state index contributed by atoms with van der Waals surface area (Å²) in [6, 6.07) is 0. The Bertz CT molecular complexity index is 152. The van der Waals surface area contributed by atoms with Gasteiger partial charge in [0.05, 0.1) is 18.9 Å². The van der Waals surface area contributed by atoms with Gasteiger partial charge in [0, 0.05) is 21.7 Å². The summed E-state index contributed by atoms with van der Waals surface area (Å²) >= 11 is 0. The molecule has 0 aliphatic rings. The summed E-state index contributed by atoms with van der Waals surface area (Å²) in [6.07, 6.45) is 0.788. The van der Waals surface area contributed by atoms with E-state index >= 15 is 0 Å². The van der Waals surface area contributed by atoms with Crippen LogP contribution in [0.3, 0.4) is 0 Å². The Labute approximate surface area is 81.3 Å². The third-order valence-electron chi connectivity index (χ3n) is 1.18. The van der Waals surface area contributed by atoms with Crippen LogP contribution >= 0.6 is 0 Å². The molecule has 0 saturated heterocycles. The Morgan fingerprint density at radius 3 is 2.09 bits per heavy atom. The molecule has 62 valence electrons. The van der Waals surface area contributed by atoms with E-state index in [1.165, 1.54) is 7.11 Å². The zero-order chi connectivity index (χ0) is 8.15. The first-order valence-corrected chi connectivity index (χ1v) is 3.06. The minimum atomic E-state index is -0.475. The monoisotopic (exact) mass is 192 g/mol. The van der Waals surface area contributed by atoms with Gasteiger partial charge in [0.25, 0.3) is 0 Å². The molecular weight excluding hydrogens is 180 g/mol. The van der Waals surface area contributed by atoms with E-state index in [1.807, 2.05) is 0 Å². The van der Waals surface area contributed by atoms with Crippen LogP contribution in [0.5, 0.6) is 0 Å². The fraction of sp³-hybridized carbons (Fsp3) is 0.571. The summed E-state index contributed by atoms with van der Waals surface area (Å²) in [5.41, 5.74) is 0.294. The van der Waals surface area contributed by atoms with Crippen LogP contribution < -0.4 is 0 Å². The number of carbonyl (C=O) groups is 1. The maximum atomic E-state index is 10.7. The molecule has 0 spiro atoms. The number of ether oxygens (including phenoxy) is 1. The third-order valence-corrected chi connectivity index (χ3v) is 1.18. The van der Waals surface area contributed by atoms with Crippen LogP contribution in [0.25, 0.3) is 0 Å². The van der Waals surface area contributed by atoms with Gasteiger partial charge in [-0.15, -0.1) is 0 Å². The van der Waals surface area contributed by atoms with Crippen LogP contribution in [0.4, 0.5) is 0 Å². The van der Waals surface area contributed by atoms with E-state index in [2.05, 4.69) is 4.74 Å². The molecule has 0 aliphatic carbocycles. The predicted octanol–water partition coefficient (Wildman–Crippen LogP) is 1.25. The van der Waals surface area contributed by atoms with E-state index < -0.39 is 5.97 Å². The maximum absolute atomic E-state index is 10.7. The van der Waals surface area contributed by atoms with Gasteiger partial charge in [-0.2, -0.15) is 0 Å². The van der Waals surface area contributed by atoms with E-state index in [4.69, 9.17) is 5.11 Å². The van der Waals surface area contributed by atoms with E-state index in [0.29, 0.717) is 5.57 Å². The van der Waals surface area contributed by atoms with E-state index in [0.717, 1.165) is 6.26 Å². The number of methoxy groups -OCH3 is 1. The average molecular weight is 192 g/mol. The summed E-state index contributed by atoms with van der Waals surface area (Å²) in [4.78, 5) is 10.7. The van der Waals surface area contributed by atoms with Crippen molar-refractivity contribution in [2.24, 2.45) is 5.92 Å². The molecule has 0 aliphatic heterocycles. The SMILES string of the molecule is COC(=O)C(=CO)C(C)C.[Ti]. The normalized spacial score (nSPS) is 10.7. The molecule has 0 atom stereocenters. The first kappa shape index (κ1) is 13.3. The average Bonchev–Trinajstić information content (AvgIpc) is 1.88. The Hall–Kier alpha value is -0.276. The van der Waals surface area contributed by atoms with Crippen molar-refractivity contribution in [2.45, 2.75) is 13.8 Å². The van der Waals surface area contributed by atoms with Crippen LogP contribution in [-0.2, 0) is 31.2 Å². The summed E-state index contributed by atoms with van der Waals surface area (Å²) in [7, 11) is 1.29. The molecule has 0 amide bonds. The number of hydrogen-bond acceptors (Lipinski definition) is 3. The van der Waals surface area contributed by atoms with Gasteiger partial charge in [0.1, 0.15) is 0 Å². The van der Waals surface area contributed by atoms with E-state index in [-0.39, 0.29) is 27.6 Å². The molecule has 0 saturated carbocycles.